The highest BCUT2D eigenvalue weighted by molar-refractivity contribution is 9.10. The van der Waals surface area contributed by atoms with Gasteiger partial charge in [-0.25, -0.2) is 0 Å². The third kappa shape index (κ3) is 3.48. The molecule has 1 fully saturated rings. The van der Waals surface area contributed by atoms with E-state index in [-0.39, 0.29) is 23.1 Å². The van der Waals surface area contributed by atoms with Crippen LogP contribution in [0.2, 0.25) is 0 Å². The van der Waals surface area contributed by atoms with E-state index in [1.165, 1.54) is 0 Å². The molecule has 156 valence electrons. The van der Waals surface area contributed by atoms with Crippen LogP contribution < -0.4 is 20.8 Å². The normalized spacial score (nSPS) is 20.5. The molecule has 0 unspecified atom stereocenters. The number of fused-ring (bicyclic) bond motifs is 1. The van der Waals surface area contributed by atoms with Gasteiger partial charge in [0.2, 0.25) is 5.88 Å². The molecule has 1 aromatic carbocycles. The molecular formula is C22H22BrN3O4. The highest BCUT2D eigenvalue weighted by Crippen LogP contribution is 2.44. The average molecular weight is 472 g/mol. The second-order valence-electron chi connectivity index (χ2n) is 7.43. The summed E-state index contributed by atoms with van der Waals surface area (Å²) < 4.78 is 19.5. The van der Waals surface area contributed by atoms with Gasteiger partial charge in [-0.1, -0.05) is 15.9 Å². The molecule has 2 aliphatic rings. The van der Waals surface area contributed by atoms with Crippen LogP contribution in [-0.2, 0) is 11.3 Å². The zero-order chi connectivity index (χ0) is 21.4. The molecule has 0 spiro atoms. The van der Waals surface area contributed by atoms with Gasteiger partial charge in [-0.2, -0.15) is 5.26 Å². The molecular weight excluding hydrogens is 450 g/mol. The monoisotopic (exact) mass is 471 g/mol. The van der Waals surface area contributed by atoms with Crippen molar-refractivity contribution in [2.45, 2.75) is 38.3 Å². The first-order chi connectivity index (χ1) is 14.4. The molecule has 4 rings (SSSR count). The third-order valence-corrected chi connectivity index (χ3v) is 6.10. The number of methoxy groups -OCH3 is 1. The average Bonchev–Trinajstić information content (AvgIpc) is 3.23. The number of benzene rings is 1. The van der Waals surface area contributed by atoms with E-state index in [0.717, 1.165) is 23.0 Å². The molecule has 7 nitrogen and oxygen atoms in total. The molecule has 3 heterocycles. The Balaban J connectivity index is 1.94. The van der Waals surface area contributed by atoms with E-state index in [2.05, 4.69) is 22.0 Å². The number of hydrogen-bond acceptors (Lipinski definition) is 6. The summed E-state index contributed by atoms with van der Waals surface area (Å²) in [5, 5.41) is 9.85. The van der Waals surface area contributed by atoms with Gasteiger partial charge in [-0.3, -0.25) is 4.79 Å². The van der Waals surface area contributed by atoms with Crippen LogP contribution in [-0.4, -0.2) is 24.4 Å². The van der Waals surface area contributed by atoms with Crippen LogP contribution in [0.4, 0.5) is 0 Å². The number of aromatic nitrogens is 1. The number of rotatable bonds is 4. The Kier molecular flexibility index (Phi) is 5.58. The fourth-order valence-electron chi connectivity index (χ4n) is 4.15. The van der Waals surface area contributed by atoms with E-state index < -0.39 is 5.92 Å². The lowest BCUT2D eigenvalue weighted by molar-refractivity contribution is 0.0954. The Bertz CT molecular complexity index is 1130. The summed E-state index contributed by atoms with van der Waals surface area (Å²) in [6.07, 6.45) is 1.90. The Hall–Kier alpha value is -2.76. The molecule has 0 radical (unpaired) electrons. The largest absolute Gasteiger partial charge is 0.496 e. The minimum absolute atomic E-state index is 0.00105. The first-order valence-electron chi connectivity index (χ1n) is 9.71. The van der Waals surface area contributed by atoms with E-state index in [4.69, 9.17) is 19.9 Å². The topological polar surface area (TPSA) is 99.5 Å². The van der Waals surface area contributed by atoms with Gasteiger partial charge in [0.25, 0.3) is 5.56 Å². The summed E-state index contributed by atoms with van der Waals surface area (Å²) in [4.78, 5) is 13.7. The van der Waals surface area contributed by atoms with Gasteiger partial charge in [0, 0.05) is 28.4 Å². The molecule has 2 atom stereocenters. The number of nitrogens with two attached hydrogens (primary N) is 1. The van der Waals surface area contributed by atoms with Gasteiger partial charge in [0.05, 0.1) is 31.2 Å². The molecule has 2 N–H and O–H groups in total. The van der Waals surface area contributed by atoms with Crippen LogP contribution in [0.25, 0.3) is 0 Å². The van der Waals surface area contributed by atoms with Crippen LogP contribution in [0, 0.1) is 18.3 Å². The molecule has 1 saturated heterocycles. The number of nitrogens with zero attached hydrogens (tertiary/aromatic N) is 2. The van der Waals surface area contributed by atoms with Crippen LogP contribution >= 0.6 is 15.9 Å². The van der Waals surface area contributed by atoms with Crippen molar-refractivity contribution in [1.29, 1.82) is 5.26 Å². The second kappa shape index (κ2) is 8.17. The SMILES string of the molecule is COc1ccc(Br)cc1[C@H]1C(C#N)=C(N)Oc2cc(C)n(C[C@H]3CCCO3)c(=O)c21. The summed E-state index contributed by atoms with van der Waals surface area (Å²) in [7, 11) is 1.55. The van der Waals surface area contributed by atoms with Crippen molar-refractivity contribution in [3.05, 3.63) is 67.4 Å². The first-order valence-corrected chi connectivity index (χ1v) is 10.5. The van der Waals surface area contributed by atoms with Crippen LogP contribution in [0.15, 0.2) is 45.0 Å². The molecule has 30 heavy (non-hydrogen) atoms. The van der Waals surface area contributed by atoms with Crippen LogP contribution in [0.3, 0.4) is 0 Å². The predicted octanol–water partition coefficient (Wildman–Crippen LogP) is 3.33. The number of pyridine rings is 1. The van der Waals surface area contributed by atoms with E-state index >= 15 is 0 Å². The van der Waals surface area contributed by atoms with Crippen molar-refractivity contribution >= 4 is 15.9 Å². The van der Waals surface area contributed by atoms with Gasteiger partial charge in [0.1, 0.15) is 23.1 Å². The number of ether oxygens (including phenoxy) is 3. The quantitative estimate of drug-likeness (QED) is 0.733. The molecule has 0 amide bonds. The lowest BCUT2D eigenvalue weighted by Crippen LogP contribution is -2.35. The maximum atomic E-state index is 13.7. The van der Waals surface area contributed by atoms with Crippen molar-refractivity contribution < 1.29 is 14.2 Å². The lowest BCUT2D eigenvalue weighted by atomic mass is 9.83. The van der Waals surface area contributed by atoms with Crippen molar-refractivity contribution in [2.75, 3.05) is 13.7 Å². The zero-order valence-electron chi connectivity index (χ0n) is 16.8. The van der Waals surface area contributed by atoms with Crippen LogP contribution in [0.5, 0.6) is 11.5 Å². The molecule has 8 heteroatoms. The van der Waals surface area contributed by atoms with Crippen molar-refractivity contribution in [3.63, 3.8) is 0 Å². The maximum Gasteiger partial charge on any atom is 0.258 e. The van der Waals surface area contributed by atoms with Crippen LogP contribution in [0.1, 0.15) is 35.6 Å². The first kappa shape index (κ1) is 20.5. The molecule has 0 aliphatic carbocycles. The number of halogens is 1. The van der Waals surface area contributed by atoms with Gasteiger partial charge in [0.15, 0.2) is 0 Å². The highest BCUT2D eigenvalue weighted by atomic mass is 79.9. The fraction of sp³-hybridized carbons (Fsp3) is 0.364. The van der Waals surface area contributed by atoms with Crippen molar-refractivity contribution in [2.24, 2.45) is 5.73 Å². The maximum absolute atomic E-state index is 13.7. The van der Waals surface area contributed by atoms with E-state index in [1.54, 1.807) is 23.8 Å². The van der Waals surface area contributed by atoms with Gasteiger partial charge < -0.3 is 24.5 Å². The summed E-state index contributed by atoms with van der Waals surface area (Å²) in [5.41, 5.74) is 7.85. The van der Waals surface area contributed by atoms with E-state index in [9.17, 15) is 10.1 Å². The van der Waals surface area contributed by atoms with E-state index in [1.807, 2.05) is 19.1 Å². The predicted molar refractivity (Wildman–Crippen MR) is 114 cm³/mol. The Morgan fingerprint density at radius 1 is 1.40 bits per heavy atom. The van der Waals surface area contributed by atoms with Crippen molar-refractivity contribution in [3.8, 4) is 17.6 Å². The molecule has 2 aliphatic heterocycles. The summed E-state index contributed by atoms with van der Waals surface area (Å²) in [5.74, 6) is 0.217. The number of hydrogen-bond donors (Lipinski definition) is 1. The standard InChI is InChI=1S/C22H22BrN3O4/c1-12-8-18-20(22(27)26(12)11-14-4-3-7-29-14)19(16(10-24)21(25)30-18)15-9-13(23)5-6-17(15)28-2/h5-6,8-9,14,19H,3-4,7,11,25H2,1-2H3/t14-,19+/m1/s1. The lowest BCUT2D eigenvalue weighted by Gasteiger charge is -2.28. The zero-order valence-corrected chi connectivity index (χ0v) is 18.4. The van der Waals surface area contributed by atoms with Crippen molar-refractivity contribution in [1.82, 2.24) is 4.57 Å². The van der Waals surface area contributed by atoms with E-state index in [0.29, 0.717) is 35.8 Å². The van der Waals surface area contributed by atoms with Gasteiger partial charge >= 0.3 is 0 Å². The Morgan fingerprint density at radius 2 is 2.20 bits per heavy atom. The van der Waals surface area contributed by atoms with Gasteiger partial charge in [-0.15, -0.1) is 0 Å². The Morgan fingerprint density at radius 3 is 2.87 bits per heavy atom. The number of aryl methyl sites for hydroxylation is 1. The fourth-order valence-corrected chi connectivity index (χ4v) is 4.53. The summed E-state index contributed by atoms with van der Waals surface area (Å²) in [6, 6.07) is 9.40. The number of nitriles is 1. The number of allylic oxidation sites excluding steroid dienone is 1. The smallest absolute Gasteiger partial charge is 0.258 e. The Labute approximate surface area is 182 Å². The minimum atomic E-state index is -0.699. The summed E-state index contributed by atoms with van der Waals surface area (Å²) in [6.45, 7) is 3.03. The molecule has 2 aromatic rings. The molecule has 1 aromatic heterocycles. The highest BCUT2D eigenvalue weighted by Gasteiger charge is 2.36. The second-order valence-corrected chi connectivity index (χ2v) is 8.34. The molecule has 0 bridgehead atoms. The third-order valence-electron chi connectivity index (χ3n) is 5.60. The van der Waals surface area contributed by atoms with Gasteiger partial charge in [-0.05, 0) is 38.0 Å². The minimum Gasteiger partial charge on any atom is -0.496 e. The molecule has 0 saturated carbocycles. The summed E-state index contributed by atoms with van der Waals surface area (Å²) >= 11 is 3.48.